The van der Waals surface area contributed by atoms with Crippen LogP contribution in [0.4, 0.5) is 0 Å². The SMILES string of the molecule is C=C[C@H]1C[C@@](N)(C=O)C[C@@H]1C[N+](=O)[O-]. The second kappa shape index (κ2) is 3.88. The Labute approximate surface area is 82.1 Å². The van der Waals surface area contributed by atoms with E-state index in [9.17, 15) is 14.9 Å². The number of carbonyl (C=O) groups is 1. The highest BCUT2D eigenvalue weighted by atomic mass is 16.6. The minimum absolute atomic E-state index is 0.0180. The van der Waals surface area contributed by atoms with E-state index in [1.165, 1.54) is 0 Å². The van der Waals surface area contributed by atoms with E-state index in [1.54, 1.807) is 6.08 Å². The van der Waals surface area contributed by atoms with E-state index in [2.05, 4.69) is 6.58 Å². The van der Waals surface area contributed by atoms with Crippen LogP contribution in [0.2, 0.25) is 0 Å². The van der Waals surface area contributed by atoms with Gasteiger partial charge in [-0.25, -0.2) is 0 Å². The Balaban J connectivity index is 2.71. The van der Waals surface area contributed by atoms with Crippen molar-refractivity contribution in [3.63, 3.8) is 0 Å². The highest BCUT2D eigenvalue weighted by molar-refractivity contribution is 5.64. The Bertz CT molecular complexity index is 267. The van der Waals surface area contributed by atoms with Gasteiger partial charge < -0.3 is 10.5 Å². The van der Waals surface area contributed by atoms with Crippen LogP contribution >= 0.6 is 0 Å². The normalized spacial score (nSPS) is 36.6. The largest absolute Gasteiger partial charge is 0.319 e. The van der Waals surface area contributed by atoms with E-state index in [0.717, 1.165) is 0 Å². The zero-order valence-corrected chi connectivity index (χ0v) is 7.89. The predicted octanol–water partition coefficient (Wildman–Crippen LogP) is 0.372. The minimum Gasteiger partial charge on any atom is -0.319 e. The molecule has 0 radical (unpaired) electrons. The molecule has 14 heavy (non-hydrogen) atoms. The molecule has 0 aromatic heterocycles. The number of carbonyl (C=O) groups excluding carboxylic acids is 1. The Morgan fingerprint density at radius 2 is 2.29 bits per heavy atom. The summed E-state index contributed by atoms with van der Waals surface area (Å²) in [6.07, 6.45) is 3.21. The number of allylic oxidation sites excluding steroid dienone is 1. The van der Waals surface area contributed by atoms with Gasteiger partial charge in [0.25, 0.3) is 0 Å². The van der Waals surface area contributed by atoms with Crippen molar-refractivity contribution in [2.45, 2.75) is 18.4 Å². The van der Waals surface area contributed by atoms with Crippen molar-refractivity contribution in [3.05, 3.63) is 22.8 Å². The number of hydrogen-bond donors (Lipinski definition) is 1. The molecule has 3 atom stereocenters. The molecular formula is C9H14N2O3. The summed E-state index contributed by atoms with van der Waals surface area (Å²) in [5.41, 5.74) is 4.86. The second-order valence-corrected chi connectivity index (χ2v) is 3.93. The maximum atomic E-state index is 10.7. The average Bonchev–Trinajstić information content (AvgIpc) is 2.42. The van der Waals surface area contributed by atoms with Crippen molar-refractivity contribution < 1.29 is 9.72 Å². The molecule has 0 aliphatic heterocycles. The fourth-order valence-electron chi connectivity index (χ4n) is 2.09. The monoisotopic (exact) mass is 198 g/mol. The van der Waals surface area contributed by atoms with Crippen molar-refractivity contribution in [2.75, 3.05) is 6.54 Å². The van der Waals surface area contributed by atoms with Gasteiger partial charge in [-0.15, -0.1) is 6.58 Å². The van der Waals surface area contributed by atoms with Gasteiger partial charge in [-0.2, -0.15) is 0 Å². The summed E-state index contributed by atoms with van der Waals surface area (Å²) in [6, 6.07) is 0. The van der Waals surface area contributed by atoms with E-state index < -0.39 is 5.54 Å². The Morgan fingerprint density at radius 3 is 2.71 bits per heavy atom. The number of nitrogens with zero attached hydrogens (tertiary/aromatic N) is 1. The van der Waals surface area contributed by atoms with Crippen molar-refractivity contribution in [3.8, 4) is 0 Å². The lowest BCUT2D eigenvalue weighted by atomic mass is 9.97. The van der Waals surface area contributed by atoms with Gasteiger partial charge in [0.05, 0.1) is 5.54 Å². The van der Waals surface area contributed by atoms with Crippen LogP contribution in [-0.2, 0) is 4.79 Å². The van der Waals surface area contributed by atoms with Gasteiger partial charge in [-0.1, -0.05) is 6.08 Å². The van der Waals surface area contributed by atoms with E-state index >= 15 is 0 Å². The molecule has 1 fully saturated rings. The highest BCUT2D eigenvalue weighted by Crippen LogP contribution is 2.37. The standard InChI is InChI=1S/C9H14N2O3/c1-2-7-3-9(10,6-12)4-8(7)5-11(13)14/h2,6-8H,1,3-5,10H2/t7-,8+,9-/m0/s1. The van der Waals surface area contributed by atoms with E-state index in [1.807, 2.05) is 0 Å². The average molecular weight is 198 g/mol. The fraction of sp³-hybridized carbons (Fsp3) is 0.667. The van der Waals surface area contributed by atoms with Crippen molar-refractivity contribution in [1.82, 2.24) is 0 Å². The lowest BCUT2D eigenvalue weighted by molar-refractivity contribution is -0.489. The van der Waals surface area contributed by atoms with Crippen molar-refractivity contribution >= 4 is 6.29 Å². The number of nitro groups is 1. The first kappa shape index (κ1) is 10.8. The first-order chi connectivity index (χ1) is 6.50. The van der Waals surface area contributed by atoms with Crippen molar-refractivity contribution in [1.29, 1.82) is 0 Å². The van der Waals surface area contributed by atoms with Crippen LogP contribution in [0.5, 0.6) is 0 Å². The lowest BCUT2D eigenvalue weighted by Gasteiger charge is -2.13. The van der Waals surface area contributed by atoms with Crippen LogP contribution in [0.3, 0.4) is 0 Å². The predicted molar refractivity (Wildman–Crippen MR) is 51.3 cm³/mol. The number of hydrogen-bond acceptors (Lipinski definition) is 4. The van der Waals surface area contributed by atoms with Crippen LogP contribution in [0.25, 0.3) is 0 Å². The molecule has 1 saturated carbocycles. The van der Waals surface area contributed by atoms with Gasteiger partial charge in [0.15, 0.2) is 0 Å². The zero-order valence-electron chi connectivity index (χ0n) is 7.89. The molecule has 0 heterocycles. The Hall–Kier alpha value is -1.23. The first-order valence-electron chi connectivity index (χ1n) is 4.50. The van der Waals surface area contributed by atoms with Gasteiger partial charge in [0.2, 0.25) is 6.54 Å². The fourth-order valence-corrected chi connectivity index (χ4v) is 2.09. The molecule has 0 saturated heterocycles. The smallest absolute Gasteiger partial charge is 0.207 e. The molecule has 0 unspecified atom stereocenters. The number of nitrogens with two attached hydrogens (primary N) is 1. The molecule has 0 spiro atoms. The molecule has 5 nitrogen and oxygen atoms in total. The van der Waals surface area contributed by atoms with Gasteiger partial charge in [0.1, 0.15) is 6.29 Å². The maximum absolute atomic E-state index is 10.7. The third kappa shape index (κ3) is 2.17. The van der Waals surface area contributed by atoms with Crippen LogP contribution in [0.1, 0.15) is 12.8 Å². The first-order valence-corrected chi connectivity index (χ1v) is 4.50. The van der Waals surface area contributed by atoms with E-state index in [0.29, 0.717) is 19.1 Å². The topological polar surface area (TPSA) is 86.2 Å². The van der Waals surface area contributed by atoms with Crippen LogP contribution in [0, 0.1) is 22.0 Å². The Kier molecular flexibility index (Phi) is 3.00. The molecular weight excluding hydrogens is 184 g/mol. The van der Waals surface area contributed by atoms with Gasteiger partial charge >= 0.3 is 0 Å². The van der Waals surface area contributed by atoms with E-state index in [-0.39, 0.29) is 23.3 Å². The highest BCUT2D eigenvalue weighted by Gasteiger charge is 2.43. The summed E-state index contributed by atoms with van der Waals surface area (Å²) in [6.45, 7) is 3.47. The third-order valence-electron chi connectivity index (χ3n) is 2.78. The second-order valence-electron chi connectivity index (χ2n) is 3.93. The molecule has 1 rings (SSSR count). The molecule has 0 aromatic carbocycles. The van der Waals surface area contributed by atoms with Gasteiger partial charge in [0, 0.05) is 10.8 Å². The summed E-state index contributed by atoms with van der Waals surface area (Å²) < 4.78 is 0. The molecule has 0 bridgehead atoms. The Morgan fingerprint density at radius 1 is 1.64 bits per heavy atom. The van der Waals surface area contributed by atoms with Crippen molar-refractivity contribution in [2.24, 2.45) is 17.6 Å². The molecule has 1 aliphatic carbocycles. The number of aldehydes is 1. The van der Waals surface area contributed by atoms with Gasteiger partial charge in [-0.05, 0) is 18.8 Å². The van der Waals surface area contributed by atoms with Crippen LogP contribution < -0.4 is 5.73 Å². The van der Waals surface area contributed by atoms with E-state index in [4.69, 9.17) is 5.73 Å². The molecule has 0 amide bonds. The van der Waals surface area contributed by atoms with Crippen LogP contribution in [-0.4, -0.2) is 23.3 Å². The summed E-state index contributed by atoms with van der Waals surface area (Å²) >= 11 is 0. The molecule has 0 aromatic rings. The molecule has 5 heteroatoms. The molecule has 78 valence electrons. The molecule has 1 aliphatic rings. The number of rotatable bonds is 4. The van der Waals surface area contributed by atoms with Crippen LogP contribution in [0.15, 0.2) is 12.7 Å². The summed E-state index contributed by atoms with van der Waals surface area (Å²) in [5.74, 6) is -0.173. The quantitative estimate of drug-likeness (QED) is 0.306. The summed E-state index contributed by atoms with van der Waals surface area (Å²) in [5, 5.41) is 10.4. The van der Waals surface area contributed by atoms with Gasteiger partial charge in [-0.3, -0.25) is 10.1 Å². The summed E-state index contributed by atoms with van der Waals surface area (Å²) in [4.78, 5) is 20.7. The zero-order chi connectivity index (χ0) is 10.8. The maximum Gasteiger partial charge on any atom is 0.207 e. The molecule has 2 N–H and O–H groups in total. The lowest BCUT2D eigenvalue weighted by Crippen LogP contribution is -2.39. The summed E-state index contributed by atoms with van der Waals surface area (Å²) in [7, 11) is 0. The minimum atomic E-state index is -0.889. The third-order valence-corrected chi connectivity index (χ3v) is 2.78.